The van der Waals surface area contributed by atoms with Crippen molar-refractivity contribution in [1.29, 1.82) is 0 Å². The number of benzene rings is 2. The molecule has 2 N–H and O–H groups in total. The molecule has 4 aromatic rings. The summed E-state index contributed by atoms with van der Waals surface area (Å²) in [5.74, 6) is 0. The number of aromatic nitrogens is 3. The highest BCUT2D eigenvalue weighted by molar-refractivity contribution is 6.34. The summed E-state index contributed by atoms with van der Waals surface area (Å²) in [6.45, 7) is -0.617. The van der Waals surface area contributed by atoms with Crippen LogP contribution in [0.2, 0.25) is 5.15 Å². The molecule has 2 heterocycles. The number of halogens is 4. The molecule has 0 aliphatic heterocycles. The molecule has 0 fully saturated rings. The van der Waals surface area contributed by atoms with Gasteiger partial charge in [-0.05, 0) is 41.8 Å². The minimum absolute atomic E-state index is 0.00283. The van der Waals surface area contributed by atoms with Gasteiger partial charge in [-0.3, -0.25) is 0 Å². The molecule has 4 nitrogen and oxygen atoms in total. The van der Waals surface area contributed by atoms with Crippen LogP contribution in [0, 0.1) is 0 Å². The molecule has 0 radical (unpaired) electrons. The van der Waals surface area contributed by atoms with Crippen molar-refractivity contribution >= 4 is 33.5 Å². The zero-order chi connectivity index (χ0) is 19.9. The Hall–Kier alpha value is -2.64. The second-order valence-corrected chi connectivity index (χ2v) is 6.89. The fraction of sp³-hybridized carbons (Fsp3) is 0.200. The standard InChI is InChI=1S/C20H16ClF3N4/c21-19-18-17(26-11-27-19)15-9-14(13-3-1-2-12(8-13)6-7-25)4-5-16(15)28(18)10-20(22,23)24/h1-5,8-9,11H,6-7,10,25H2. The lowest BCUT2D eigenvalue weighted by atomic mass is 10.0. The highest BCUT2D eigenvalue weighted by Crippen LogP contribution is 2.35. The van der Waals surface area contributed by atoms with Crippen LogP contribution in [0.25, 0.3) is 33.1 Å². The molecule has 2 aromatic carbocycles. The number of alkyl halides is 3. The highest BCUT2D eigenvalue weighted by atomic mass is 35.5. The molecular formula is C20H16ClF3N4. The average Bonchev–Trinajstić information content (AvgIpc) is 2.95. The van der Waals surface area contributed by atoms with E-state index in [0.29, 0.717) is 23.0 Å². The van der Waals surface area contributed by atoms with E-state index in [-0.39, 0.29) is 10.7 Å². The molecule has 0 aliphatic carbocycles. The van der Waals surface area contributed by atoms with Crippen LogP contribution in [0.15, 0.2) is 48.8 Å². The minimum atomic E-state index is -4.40. The number of nitrogens with two attached hydrogens (primary N) is 1. The Morgan fingerprint density at radius 3 is 2.57 bits per heavy atom. The van der Waals surface area contributed by atoms with E-state index >= 15 is 0 Å². The number of rotatable bonds is 4. The third kappa shape index (κ3) is 3.43. The lowest BCUT2D eigenvalue weighted by molar-refractivity contribution is -0.139. The highest BCUT2D eigenvalue weighted by Gasteiger charge is 2.30. The van der Waals surface area contributed by atoms with E-state index in [1.165, 1.54) is 6.33 Å². The summed E-state index contributed by atoms with van der Waals surface area (Å²) >= 11 is 6.12. The van der Waals surface area contributed by atoms with Gasteiger partial charge in [0.05, 0.1) is 5.52 Å². The van der Waals surface area contributed by atoms with E-state index in [1.807, 2.05) is 30.3 Å². The Kier molecular flexibility index (Phi) is 4.72. The third-order valence-corrected chi connectivity index (χ3v) is 4.90. The predicted molar refractivity (Wildman–Crippen MR) is 104 cm³/mol. The molecule has 0 aliphatic rings. The number of nitrogens with zero attached hydrogens (tertiary/aromatic N) is 3. The molecule has 0 spiro atoms. The second kappa shape index (κ2) is 7.07. The number of hydrogen-bond donors (Lipinski definition) is 1. The van der Waals surface area contributed by atoms with Crippen LogP contribution in [0.4, 0.5) is 13.2 Å². The van der Waals surface area contributed by atoms with Crippen molar-refractivity contribution in [3.63, 3.8) is 0 Å². The van der Waals surface area contributed by atoms with E-state index in [0.717, 1.165) is 27.7 Å². The maximum atomic E-state index is 13.2. The summed E-state index contributed by atoms with van der Waals surface area (Å²) in [7, 11) is 0. The van der Waals surface area contributed by atoms with Crippen molar-refractivity contribution < 1.29 is 13.2 Å². The lowest BCUT2D eigenvalue weighted by Gasteiger charge is -2.11. The zero-order valence-electron chi connectivity index (χ0n) is 14.7. The molecule has 28 heavy (non-hydrogen) atoms. The average molecular weight is 405 g/mol. The zero-order valence-corrected chi connectivity index (χ0v) is 15.4. The van der Waals surface area contributed by atoms with E-state index in [1.54, 1.807) is 12.1 Å². The summed E-state index contributed by atoms with van der Waals surface area (Å²) in [5.41, 5.74) is 9.58. The Morgan fingerprint density at radius 1 is 1.04 bits per heavy atom. The van der Waals surface area contributed by atoms with Crippen molar-refractivity contribution in [3.05, 3.63) is 59.5 Å². The van der Waals surface area contributed by atoms with Crippen molar-refractivity contribution in [2.24, 2.45) is 5.73 Å². The summed E-state index contributed by atoms with van der Waals surface area (Å²) in [4.78, 5) is 8.06. The predicted octanol–water partition coefficient (Wildman–Crippen LogP) is 4.97. The Morgan fingerprint density at radius 2 is 1.82 bits per heavy atom. The number of hydrogen-bond acceptors (Lipinski definition) is 3. The summed E-state index contributed by atoms with van der Waals surface area (Å²) in [5, 5.41) is 0.599. The van der Waals surface area contributed by atoms with Gasteiger partial charge >= 0.3 is 6.18 Å². The molecule has 2 aromatic heterocycles. The molecule has 0 saturated carbocycles. The molecule has 0 amide bonds. The van der Waals surface area contributed by atoms with Crippen LogP contribution < -0.4 is 5.73 Å². The van der Waals surface area contributed by atoms with Gasteiger partial charge in [-0.2, -0.15) is 13.2 Å². The van der Waals surface area contributed by atoms with Gasteiger partial charge < -0.3 is 10.3 Å². The van der Waals surface area contributed by atoms with Crippen molar-refractivity contribution in [1.82, 2.24) is 14.5 Å². The fourth-order valence-corrected chi connectivity index (χ4v) is 3.71. The molecule has 4 rings (SSSR count). The number of fused-ring (bicyclic) bond motifs is 3. The second-order valence-electron chi connectivity index (χ2n) is 6.53. The normalized spacial score (nSPS) is 12.2. The molecule has 0 saturated heterocycles. The van der Waals surface area contributed by atoms with Crippen LogP contribution in [-0.4, -0.2) is 27.3 Å². The topological polar surface area (TPSA) is 56.7 Å². The fourth-order valence-electron chi connectivity index (χ4n) is 3.47. The largest absolute Gasteiger partial charge is 0.406 e. The van der Waals surface area contributed by atoms with E-state index < -0.39 is 12.7 Å². The van der Waals surface area contributed by atoms with Gasteiger partial charge in [0.2, 0.25) is 0 Å². The first-order chi connectivity index (χ1) is 13.4. The maximum absolute atomic E-state index is 13.2. The Bertz CT molecular complexity index is 1170. The first-order valence-electron chi connectivity index (χ1n) is 8.66. The van der Waals surface area contributed by atoms with Crippen LogP contribution in [0.5, 0.6) is 0 Å². The van der Waals surface area contributed by atoms with Crippen molar-refractivity contribution in [2.45, 2.75) is 19.1 Å². The van der Waals surface area contributed by atoms with Crippen molar-refractivity contribution in [3.8, 4) is 11.1 Å². The first-order valence-corrected chi connectivity index (χ1v) is 9.04. The Balaban J connectivity index is 1.94. The quantitative estimate of drug-likeness (QED) is 0.489. The van der Waals surface area contributed by atoms with Gasteiger partial charge in [0.1, 0.15) is 23.9 Å². The van der Waals surface area contributed by atoms with E-state index in [4.69, 9.17) is 17.3 Å². The van der Waals surface area contributed by atoms with Crippen LogP contribution in [0.1, 0.15) is 5.56 Å². The molecule has 8 heteroatoms. The van der Waals surface area contributed by atoms with Gasteiger partial charge in [0, 0.05) is 5.39 Å². The van der Waals surface area contributed by atoms with Gasteiger partial charge in [-0.1, -0.05) is 41.9 Å². The van der Waals surface area contributed by atoms with Gasteiger partial charge in [0.25, 0.3) is 0 Å². The molecule has 0 bridgehead atoms. The third-order valence-electron chi connectivity index (χ3n) is 4.62. The summed E-state index contributed by atoms with van der Waals surface area (Å²) < 4.78 is 40.6. The van der Waals surface area contributed by atoms with E-state index in [9.17, 15) is 13.2 Å². The first kappa shape index (κ1) is 18.7. The molecular weight excluding hydrogens is 389 g/mol. The molecule has 144 valence electrons. The maximum Gasteiger partial charge on any atom is 0.406 e. The lowest BCUT2D eigenvalue weighted by Crippen LogP contribution is -2.17. The molecule has 0 atom stereocenters. The minimum Gasteiger partial charge on any atom is -0.330 e. The van der Waals surface area contributed by atoms with Crippen LogP contribution >= 0.6 is 11.6 Å². The van der Waals surface area contributed by atoms with Crippen LogP contribution in [0.3, 0.4) is 0 Å². The molecule has 0 unspecified atom stereocenters. The van der Waals surface area contributed by atoms with E-state index in [2.05, 4.69) is 9.97 Å². The Labute approximate surface area is 163 Å². The smallest absolute Gasteiger partial charge is 0.330 e. The van der Waals surface area contributed by atoms with Crippen molar-refractivity contribution in [2.75, 3.05) is 6.54 Å². The van der Waals surface area contributed by atoms with Gasteiger partial charge in [-0.15, -0.1) is 0 Å². The summed E-state index contributed by atoms with van der Waals surface area (Å²) in [6, 6.07) is 13.2. The van der Waals surface area contributed by atoms with Crippen LogP contribution in [-0.2, 0) is 13.0 Å². The van der Waals surface area contributed by atoms with Gasteiger partial charge in [-0.25, -0.2) is 9.97 Å². The SMILES string of the molecule is NCCc1cccc(-c2ccc3c(c2)c2ncnc(Cl)c2n3CC(F)(F)F)c1. The monoisotopic (exact) mass is 404 g/mol. The van der Waals surface area contributed by atoms with Gasteiger partial charge in [0.15, 0.2) is 5.15 Å². The summed E-state index contributed by atoms with van der Waals surface area (Å²) in [6.07, 6.45) is -2.38.